The highest BCUT2D eigenvalue weighted by Crippen LogP contribution is 2.23. The highest BCUT2D eigenvalue weighted by molar-refractivity contribution is 9.10. The van der Waals surface area contributed by atoms with Crippen molar-refractivity contribution in [1.82, 2.24) is 14.8 Å². The number of aromatic nitrogens is 3. The van der Waals surface area contributed by atoms with Crippen molar-refractivity contribution in [3.8, 4) is 17.1 Å². The number of nitrogens with zero attached hydrogens (tertiary/aromatic N) is 3. The number of carbonyl (C=O) groups excluding carboxylic acids is 2. The fourth-order valence-corrected chi connectivity index (χ4v) is 3.39. The van der Waals surface area contributed by atoms with Gasteiger partial charge in [-0.1, -0.05) is 44.0 Å². The van der Waals surface area contributed by atoms with E-state index in [4.69, 9.17) is 4.74 Å². The maximum absolute atomic E-state index is 13.4. The molecule has 0 aliphatic rings. The molecule has 0 amide bonds. The Morgan fingerprint density at radius 1 is 0.875 bits per heavy atom. The van der Waals surface area contributed by atoms with Crippen LogP contribution in [0.2, 0.25) is 0 Å². The summed E-state index contributed by atoms with van der Waals surface area (Å²) in [5, 5.41) is 4.28. The Hall–Kier alpha value is -3.17. The first-order valence-corrected chi connectivity index (χ1v) is 10.9. The summed E-state index contributed by atoms with van der Waals surface area (Å²) >= 11 is 6.68. The first kappa shape index (κ1) is 22.0. The molecule has 0 bridgehead atoms. The van der Waals surface area contributed by atoms with Crippen LogP contribution in [-0.2, 0) is 4.74 Å². The van der Waals surface area contributed by atoms with Crippen LogP contribution in [0.1, 0.15) is 21.0 Å². The van der Waals surface area contributed by atoms with Gasteiger partial charge in [-0.05, 0) is 60.7 Å². The zero-order chi connectivity index (χ0) is 22.7. The summed E-state index contributed by atoms with van der Waals surface area (Å²) in [7, 11) is 0. The van der Waals surface area contributed by atoms with Gasteiger partial charge in [0.15, 0.2) is 18.2 Å². The van der Waals surface area contributed by atoms with E-state index in [9.17, 15) is 14.0 Å². The summed E-state index contributed by atoms with van der Waals surface area (Å²) < 4.78 is 21.7. The predicted octanol–water partition coefficient (Wildman–Crippen LogP) is 5.64. The molecule has 160 valence electrons. The predicted molar refractivity (Wildman–Crippen MR) is 123 cm³/mol. The van der Waals surface area contributed by atoms with Crippen molar-refractivity contribution in [3.05, 3.63) is 98.9 Å². The third-order valence-electron chi connectivity index (χ3n) is 4.46. The highest BCUT2D eigenvalue weighted by Gasteiger charge is 2.21. The molecular formula is C23H14Br2FN3O3. The number of halogens is 3. The van der Waals surface area contributed by atoms with E-state index < -0.39 is 18.4 Å². The van der Waals surface area contributed by atoms with Gasteiger partial charge in [-0.15, -0.1) is 5.10 Å². The summed E-state index contributed by atoms with van der Waals surface area (Å²) in [6.45, 7) is -0.445. The smallest absolute Gasteiger partial charge is 0.378 e. The highest BCUT2D eigenvalue weighted by atomic mass is 79.9. The molecule has 32 heavy (non-hydrogen) atoms. The van der Waals surface area contributed by atoms with Crippen LogP contribution in [0.5, 0.6) is 0 Å². The Kier molecular flexibility index (Phi) is 6.57. The Morgan fingerprint density at radius 3 is 2.09 bits per heavy atom. The number of hydrogen-bond acceptors (Lipinski definition) is 5. The first-order chi connectivity index (χ1) is 15.4. The molecule has 0 fully saturated rings. The van der Waals surface area contributed by atoms with Crippen molar-refractivity contribution in [1.29, 1.82) is 0 Å². The van der Waals surface area contributed by atoms with Gasteiger partial charge in [0.2, 0.25) is 0 Å². The SMILES string of the molecule is O=C(COC(=O)c1nc(-c2ccc(F)cc2)n(-c2ccc(Br)cc2)n1)c1ccc(Br)cc1. The van der Waals surface area contributed by atoms with E-state index in [1.165, 1.54) is 16.8 Å². The summed E-state index contributed by atoms with van der Waals surface area (Å²) in [6, 6.07) is 19.6. The van der Waals surface area contributed by atoms with Crippen LogP contribution in [0.25, 0.3) is 17.1 Å². The Balaban J connectivity index is 1.60. The van der Waals surface area contributed by atoms with Gasteiger partial charge in [0, 0.05) is 20.1 Å². The number of ketones is 1. The maximum Gasteiger partial charge on any atom is 0.378 e. The van der Waals surface area contributed by atoms with E-state index in [0.717, 1.165) is 8.95 Å². The van der Waals surface area contributed by atoms with Crippen LogP contribution in [-0.4, -0.2) is 33.1 Å². The zero-order valence-corrected chi connectivity index (χ0v) is 19.5. The number of ether oxygens (including phenoxy) is 1. The molecule has 0 saturated heterocycles. The van der Waals surface area contributed by atoms with Gasteiger partial charge in [0.1, 0.15) is 5.82 Å². The fraction of sp³-hybridized carbons (Fsp3) is 0.0435. The molecular weight excluding hydrogens is 545 g/mol. The quantitative estimate of drug-likeness (QED) is 0.226. The van der Waals surface area contributed by atoms with Gasteiger partial charge in [-0.25, -0.2) is 18.9 Å². The minimum absolute atomic E-state index is 0.212. The molecule has 4 aromatic rings. The molecule has 3 aromatic carbocycles. The van der Waals surface area contributed by atoms with Crippen LogP contribution in [0.3, 0.4) is 0 Å². The monoisotopic (exact) mass is 557 g/mol. The van der Waals surface area contributed by atoms with Crippen molar-refractivity contribution in [2.45, 2.75) is 0 Å². The van der Waals surface area contributed by atoms with Crippen molar-refractivity contribution >= 4 is 43.6 Å². The maximum atomic E-state index is 13.4. The number of Topliss-reactive ketones (excluding diaryl/α,β-unsaturated/α-hetero) is 1. The molecule has 4 rings (SSSR count). The largest absolute Gasteiger partial charge is 0.451 e. The van der Waals surface area contributed by atoms with E-state index in [1.807, 2.05) is 12.1 Å². The van der Waals surface area contributed by atoms with E-state index in [-0.39, 0.29) is 11.6 Å². The lowest BCUT2D eigenvalue weighted by molar-refractivity contribution is 0.0462. The summed E-state index contributed by atoms with van der Waals surface area (Å²) in [6.07, 6.45) is 0. The third-order valence-corrected chi connectivity index (χ3v) is 5.52. The van der Waals surface area contributed by atoms with Crippen molar-refractivity contribution in [2.75, 3.05) is 6.61 Å². The van der Waals surface area contributed by atoms with E-state index in [2.05, 4.69) is 41.9 Å². The Labute approximate surface area is 199 Å². The number of esters is 1. The molecule has 0 atom stereocenters. The van der Waals surface area contributed by atoms with Gasteiger partial charge in [0.05, 0.1) is 5.69 Å². The van der Waals surface area contributed by atoms with E-state index in [0.29, 0.717) is 22.6 Å². The lowest BCUT2D eigenvalue weighted by atomic mass is 10.1. The molecule has 0 unspecified atom stereocenters. The summed E-state index contributed by atoms with van der Waals surface area (Å²) in [4.78, 5) is 29.2. The average molecular weight is 559 g/mol. The van der Waals surface area contributed by atoms with Gasteiger partial charge >= 0.3 is 5.97 Å². The number of rotatable bonds is 6. The summed E-state index contributed by atoms with van der Waals surface area (Å²) in [5.74, 6) is -1.46. The van der Waals surface area contributed by atoms with Crippen LogP contribution in [0.15, 0.2) is 81.7 Å². The number of hydrogen-bond donors (Lipinski definition) is 0. The zero-order valence-electron chi connectivity index (χ0n) is 16.3. The second-order valence-corrected chi connectivity index (χ2v) is 8.49. The third kappa shape index (κ3) is 5.00. The lowest BCUT2D eigenvalue weighted by Gasteiger charge is -2.06. The molecule has 0 aliphatic carbocycles. The number of carbonyl (C=O) groups is 2. The van der Waals surface area contributed by atoms with Crippen molar-refractivity contribution < 1.29 is 18.7 Å². The molecule has 6 nitrogen and oxygen atoms in total. The van der Waals surface area contributed by atoms with E-state index in [1.54, 1.807) is 48.5 Å². The minimum atomic E-state index is -0.838. The normalized spacial score (nSPS) is 10.7. The summed E-state index contributed by atoms with van der Waals surface area (Å²) in [5.41, 5.74) is 1.62. The van der Waals surface area contributed by atoms with Crippen LogP contribution < -0.4 is 0 Å². The molecule has 0 aliphatic heterocycles. The Bertz CT molecular complexity index is 1210. The molecule has 9 heteroatoms. The molecule has 0 N–H and O–H groups in total. The second kappa shape index (κ2) is 9.54. The van der Waals surface area contributed by atoms with Crippen LogP contribution in [0.4, 0.5) is 4.39 Å². The molecule has 1 aromatic heterocycles. The van der Waals surface area contributed by atoms with Gasteiger partial charge in [0.25, 0.3) is 5.82 Å². The van der Waals surface area contributed by atoms with Gasteiger partial charge in [-0.3, -0.25) is 4.79 Å². The topological polar surface area (TPSA) is 74.1 Å². The lowest BCUT2D eigenvalue weighted by Crippen LogP contribution is -2.15. The number of benzene rings is 3. The average Bonchev–Trinajstić information content (AvgIpc) is 3.24. The van der Waals surface area contributed by atoms with Crippen molar-refractivity contribution in [3.63, 3.8) is 0 Å². The van der Waals surface area contributed by atoms with E-state index >= 15 is 0 Å². The van der Waals surface area contributed by atoms with Crippen LogP contribution in [0, 0.1) is 5.82 Å². The molecule has 0 spiro atoms. The standard InChI is InChI=1S/C23H14Br2FN3O3/c24-16-5-1-14(2-6-16)20(30)13-32-23(31)21-27-22(15-3-9-18(26)10-4-15)29(28-21)19-11-7-17(25)8-12-19/h1-12H,13H2. The first-order valence-electron chi connectivity index (χ1n) is 9.35. The fourth-order valence-electron chi connectivity index (χ4n) is 2.86. The minimum Gasteiger partial charge on any atom is -0.451 e. The van der Waals surface area contributed by atoms with Crippen molar-refractivity contribution in [2.24, 2.45) is 0 Å². The van der Waals surface area contributed by atoms with Crippen LogP contribution >= 0.6 is 31.9 Å². The second-order valence-electron chi connectivity index (χ2n) is 6.66. The Morgan fingerprint density at radius 2 is 1.47 bits per heavy atom. The molecule has 0 radical (unpaired) electrons. The van der Waals surface area contributed by atoms with Gasteiger partial charge < -0.3 is 4.74 Å². The van der Waals surface area contributed by atoms with Gasteiger partial charge in [-0.2, -0.15) is 0 Å². The molecule has 0 saturated carbocycles. The molecule has 1 heterocycles.